The highest BCUT2D eigenvalue weighted by molar-refractivity contribution is 5.78. The first-order valence-electron chi connectivity index (χ1n) is 11.6. The maximum absolute atomic E-state index is 12.3. The van der Waals surface area contributed by atoms with E-state index < -0.39 is 6.10 Å². The molecule has 1 fully saturated rings. The number of benzene rings is 1. The zero-order valence-electron chi connectivity index (χ0n) is 19.3. The van der Waals surface area contributed by atoms with Gasteiger partial charge in [0.2, 0.25) is 5.91 Å². The van der Waals surface area contributed by atoms with Gasteiger partial charge < -0.3 is 20.1 Å². The summed E-state index contributed by atoms with van der Waals surface area (Å²) in [5.74, 6) is -0.00115. The van der Waals surface area contributed by atoms with Crippen LogP contribution in [0.5, 0.6) is 0 Å². The van der Waals surface area contributed by atoms with Crippen molar-refractivity contribution in [1.29, 1.82) is 0 Å². The van der Waals surface area contributed by atoms with Crippen LogP contribution < -0.4 is 5.32 Å². The van der Waals surface area contributed by atoms with E-state index in [0.29, 0.717) is 6.04 Å². The Morgan fingerprint density at radius 1 is 1.23 bits per heavy atom. The Labute approximate surface area is 183 Å². The molecule has 0 radical (unpaired) electrons. The second-order valence-corrected chi connectivity index (χ2v) is 8.58. The highest BCUT2D eigenvalue weighted by Crippen LogP contribution is 2.22. The van der Waals surface area contributed by atoms with Crippen LogP contribution in [0, 0.1) is 5.92 Å². The van der Waals surface area contributed by atoms with Gasteiger partial charge >= 0.3 is 0 Å². The molecule has 1 amide bonds. The third-order valence-electron chi connectivity index (χ3n) is 5.90. The van der Waals surface area contributed by atoms with Crippen molar-refractivity contribution in [3.05, 3.63) is 35.9 Å². The van der Waals surface area contributed by atoms with Crippen molar-refractivity contribution in [2.45, 2.75) is 90.3 Å². The smallest absolute Gasteiger partial charge is 0.223 e. The minimum atomic E-state index is -0.675. The summed E-state index contributed by atoms with van der Waals surface area (Å²) in [4.78, 5) is 24.5. The molecule has 5 heteroatoms. The molecule has 0 aliphatic carbocycles. The number of aliphatic hydroxyl groups excluding tert-OH is 1. The number of nitrogens with zero attached hydrogens (tertiary/aromatic N) is 1. The largest absolute Gasteiger partial charge is 0.386 e. The predicted molar refractivity (Wildman–Crippen MR) is 123 cm³/mol. The van der Waals surface area contributed by atoms with E-state index in [0.717, 1.165) is 37.7 Å². The van der Waals surface area contributed by atoms with E-state index in [2.05, 4.69) is 24.2 Å². The highest BCUT2D eigenvalue weighted by atomic mass is 16.3. The number of nitrogens with one attached hydrogen (secondary N) is 1. The first-order chi connectivity index (χ1) is 14.4. The third-order valence-corrected chi connectivity index (χ3v) is 5.90. The molecule has 1 saturated heterocycles. The number of aliphatic hydroxyl groups is 1. The van der Waals surface area contributed by atoms with Crippen LogP contribution in [0.2, 0.25) is 0 Å². The zero-order chi connectivity index (χ0) is 22.4. The fourth-order valence-electron chi connectivity index (χ4n) is 3.83. The maximum Gasteiger partial charge on any atom is 0.223 e. The molecular formula is C25H42N2O3. The number of carbonyl (C=O) groups is 2. The Hall–Kier alpha value is -1.72. The van der Waals surface area contributed by atoms with Crippen LogP contribution in [0.4, 0.5) is 0 Å². The molecule has 4 unspecified atom stereocenters. The average Bonchev–Trinajstić information content (AvgIpc) is 3.16. The van der Waals surface area contributed by atoms with Gasteiger partial charge in [0, 0.05) is 18.4 Å². The van der Waals surface area contributed by atoms with Crippen molar-refractivity contribution in [2.75, 3.05) is 13.6 Å². The van der Waals surface area contributed by atoms with Gasteiger partial charge in [-0.2, -0.15) is 0 Å². The topological polar surface area (TPSA) is 69.6 Å². The summed E-state index contributed by atoms with van der Waals surface area (Å²) in [6.07, 6.45) is 9.17. The fraction of sp³-hybridized carbons (Fsp3) is 0.680. The van der Waals surface area contributed by atoms with E-state index in [1.165, 1.54) is 32.1 Å². The number of unbranched alkanes of at least 4 members (excludes halogenated alkanes) is 4. The van der Waals surface area contributed by atoms with Crippen molar-refractivity contribution in [3.8, 4) is 0 Å². The lowest BCUT2D eigenvalue weighted by molar-refractivity contribution is -0.126. The van der Waals surface area contributed by atoms with Gasteiger partial charge in [0.15, 0.2) is 0 Å². The lowest BCUT2D eigenvalue weighted by Crippen LogP contribution is -2.41. The Morgan fingerprint density at radius 2 is 1.93 bits per heavy atom. The van der Waals surface area contributed by atoms with E-state index in [9.17, 15) is 14.7 Å². The molecule has 1 aliphatic heterocycles. The summed E-state index contributed by atoms with van der Waals surface area (Å²) in [5.41, 5.74) is 0.832. The van der Waals surface area contributed by atoms with Gasteiger partial charge in [-0.05, 0) is 51.8 Å². The normalized spacial score (nSPS) is 19.3. The van der Waals surface area contributed by atoms with Crippen molar-refractivity contribution in [1.82, 2.24) is 10.2 Å². The van der Waals surface area contributed by atoms with Crippen LogP contribution in [0.15, 0.2) is 30.3 Å². The van der Waals surface area contributed by atoms with E-state index in [4.69, 9.17) is 0 Å². The van der Waals surface area contributed by atoms with E-state index in [-0.39, 0.29) is 17.9 Å². The van der Waals surface area contributed by atoms with E-state index >= 15 is 0 Å². The number of amides is 1. The Balaban J connectivity index is 0.000000479. The van der Waals surface area contributed by atoms with Crippen LogP contribution in [0.25, 0.3) is 0 Å². The molecule has 30 heavy (non-hydrogen) atoms. The first kappa shape index (κ1) is 26.3. The number of hydrogen-bond donors (Lipinski definition) is 2. The summed E-state index contributed by atoms with van der Waals surface area (Å²) >= 11 is 0. The SMILES string of the molecule is CC(CC1CCCN1C)C(=O)NC(C)C(O)c1ccccc1.CCCCCCC=O. The van der Waals surface area contributed by atoms with E-state index in [1.54, 1.807) is 0 Å². The van der Waals surface area contributed by atoms with Gasteiger partial charge in [-0.15, -0.1) is 0 Å². The molecular weight excluding hydrogens is 376 g/mol. The molecule has 2 rings (SSSR count). The number of rotatable bonds is 11. The number of aldehydes is 1. The first-order valence-corrected chi connectivity index (χ1v) is 11.6. The average molecular weight is 419 g/mol. The van der Waals surface area contributed by atoms with Crippen molar-refractivity contribution in [3.63, 3.8) is 0 Å². The van der Waals surface area contributed by atoms with Crippen LogP contribution in [-0.4, -0.2) is 47.9 Å². The molecule has 0 spiro atoms. The number of likely N-dealkylation sites (tertiary alicyclic amines) is 1. The van der Waals surface area contributed by atoms with E-state index in [1.807, 2.05) is 44.2 Å². The molecule has 0 bridgehead atoms. The molecule has 1 aliphatic rings. The van der Waals surface area contributed by atoms with Crippen LogP contribution in [0.3, 0.4) is 0 Å². The summed E-state index contributed by atoms with van der Waals surface area (Å²) in [6, 6.07) is 9.68. The van der Waals surface area contributed by atoms with Crippen LogP contribution in [0.1, 0.15) is 83.8 Å². The highest BCUT2D eigenvalue weighted by Gasteiger charge is 2.27. The standard InChI is InChI=1S/C18H28N2O2.C7H14O/c1-13(12-16-10-7-11-20(16)3)18(22)19-14(2)17(21)15-8-5-4-6-9-15;1-2-3-4-5-6-7-8/h4-6,8-9,13-14,16-17,21H,7,10-12H2,1-3H3,(H,19,22);7H,2-6H2,1H3. The second kappa shape index (κ2) is 15.1. The third kappa shape index (κ3) is 9.86. The second-order valence-electron chi connectivity index (χ2n) is 8.58. The molecule has 1 aromatic rings. The molecule has 170 valence electrons. The van der Waals surface area contributed by atoms with Crippen LogP contribution >= 0.6 is 0 Å². The molecule has 4 atom stereocenters. The van der Waals surface area contributed by atoms with Crippen LogP contribution in [-0.2, 0) is 9.59 Å². The number of hydrogen-bond acceptors (Lipinski definition) is 4. The summed E-state index contributed by atoms with van der Waals surface area (Å²) < 4.78 is 0. The molecule has 0 saturated carbocycles. The van der Waals surface area contributed by atoms with Crippen molar-refractivity contribution in [2.24, 2.45) is 5.92 Å². The maximum atomic E-state index is 12.3. The van der Waals surface area contributed by atoms with Gasteiger partial charge in [0.1, 0.15) is 6.29 Å². The van der Waals surface area contributed by atoms with Crippen molar-refractivity contribution >= 4 is 12.2 Å². The molecule has 0 aromatic heterocycles. The lowest BCUT2D eigenvalue weighted by Gasteiger charge is -2.25. The fourth-order valence-corrected chi connectivity index (χ4v) is 3.83. The summed E-state index contributed by atoms with van der Waals surface area (Å²) in [5, 5.41) is 13.3. The quantitative estimate of drug-likeness (QED) is 0.410. The predicted octanol–water partition coefficient (Wildman–Crippen LogP) is 4.50. The Morgan fingerprint density at radius 3 is 2.50 bits per heavy atom. The van der Waals surface area contributed by atoms with Crippen molar-refractivity contribution < 1.29 is 14.7 Å². The van der Waals surface area contributed by atoms with Gasteiger partial charge in [0.25, 0.3) is 0 Å². The summed E-state index contributed by atoms with van der Waals surface area (Å²) in [7, 11) is 2.13. The zero-order valence-corrected chi connectivity index (χ0v) is 19.3. The van der Waals surface area contributed by atoms with Gasteiger partial charge in [-0.25, -0.2) is 0 Å². The molecule has 1 heterocycles. The number of carbonyl (C=O) groups excluding carboxylic acids is 2. The van der Waals surface area contributed by atoms with Gasteiger partial charge in [-0.1, -0.05) is 63.4 Å². The minimum Gasteiger partial charge on any atom is -0.386 e. The molecule has 5 nitrogen and oxygen atoms in total. The summed E-state index contributed by atoms with van der Waals surface area (Å²) in [6.45, 7) is 7.12. The minimum absolute atomic E-state index is 0.0304. The Bertz CT molecular complexity index is 593. The monoisotopic (exact) mass is 418 g/mol. The lowest BCUT2D eigenvalue weighted by atomic mass is 9.98. The van der Waals surface area contributed by atoms with Gasteiger partial charge in [-0.3, -0.25) is 4.79 Å². The molecule has 2 N–H and O–H groups in total. The molecule has 1 aromatic carbocycles. The Kier molecular flexibility index (Phi) is 13.3. The van der Waals surface area contributed by atoms with Gasteiger partial charge in [0.05, 0.1) is 12.1 Å².